The van der Waals surface area contributed by atoms with E-state index in [1.54, 1.807) is 33.6 Å². The molecular weight excluding hydrogens is 451 g/mol. The number of nitrogens with two attached hydrogens (primary N) is 1. The van der Waals surface area contributed by atoms with Gasteiger partial charge in [-0.2, -0.15) is 0 Å². The third-order valence-corrected chi connectivity index (χ3v) is 5.08. The van der Waals surface area contributed by atoms with Gasteiger partial charge in [-0.25, -0.2) is 4.98 Å². The van der Waals surface area contributed by atoms with Gasteiger partial charge >= 0.3 is 0 Å². The molecule has 172 valence electrons. The summed E-state index contributed by atoms with van der Waals surface area (Å²) in [5, 5.41) is 0.454. The van der Waals surface area contributed by atoms with Crippen molar-refractivity contribution in [3.63, 3.8) is 0 Å². The lowest BCUT2D eigenvalue weighted by molar-refractivity contribution is 0.284. The minimum atomic E-state index is -0.0604. The van der Waals surface area contributed by atoms with Crippen LogP contribution in [0.5, 0.6) is 23.0 Å². The number of hydrogen-bond acceptors (Lipinski definition) is 6. The van der Waals surface area contributed by atoms with Crippen LogP contribution in [0, 0.1) is 0 Å². The van der Waals surface area contributed by atoms with E-state index in [4.69, 9.17) is 36.3 Å². The van der Waals surface area contributed by atoms with Gasteiger partial charge < -0.3 is 24.7 Å². The summed E-state index contributed by atoms with van der Waals surface area (Å²) in [6.45, 7) is 0.374. The van der Waals surface area contributed by atoms with Crippen LogP contribution in [0.15, 0.2) is 54.7 Å². The Morgan fingerprint density at radius 1 is 0.781 bits per heavy atom. The van der Waals surface area contributed by atoms with Gasteiger partial charge in [-0.1, -0.05) is 29.8 Å². The summed E-state index contributed by atoms with van der Waals surface area (Å²) < 4.78 is 22.1. The first kappa shape index (κ1) is 25.6. The number of hydrogen-bond donors (Lipinski definition) is 1. The van der Waals surface area contributed by atoms with Crippen LogP contribution in [0.4, 0.5) is 0 Å². The number of rotatable bonds is 10. The fraction of sp³-hybridized carbons (Fsp3) is 0.292. The van der Waals surface area contributed by atoms with Gasteiger partial charge in [0.15, 0.2) is 23.0 Å². The first-order valence-electron chi connectivity index (χ1n) is 9.89. The number of pyridine rings is 1. The first-order valence-corrected chi connectivity index (χ1v) is 10.3. The van der Waals surface area contributed by atoms with Crippen LogP contribution in [-0.2, 0) is 19.4 Å². The highest BCUT2D eigenvalue weighted by atomic mass is 35.5. The fourth-order valence-electron chi connectivity index (χ4n) is 3.30. The first-order chi connectivity index (χ1) is 15.0. The molecule has 3 rings (SSSR count). The highest BCUT2D eigenvalue weighted by Gasteiger charge is 2.12. The summed E-state index contributed by atoms with van der Waals surface area (Å²) in [6, 6.07) is 15.3. The van der Waals surface area contributed by atoms with Crippen LogP contribution in [0.25, 0.3) is 0 Å². The van der Waals surface area contributed by atoms with E-state index < -0.39 is 0 Å². The van der Waals surface area contributed by atoms with Gasteiger partial charge in [0.1, 0.15) is 11.8 Å². The van der Waals surface area contributed by atoms with Crippen molar-refractivity contribution in [1.82, 2.24) is 4.98 Å². The number of methoxy groups -OCH3 is 3. The van der Waals surface area contributed by atoms with Crippen molar-refractivity contribution >= 4 is 24.0 Å². The Morgan fingerprint density at radius 3 is 1.84 bits per heavy atom. The Balaban J connectivity index is 0.00000363. The van der Waals surface area contributed by atoms with E-state index >= 15 is 0 Å². The topological polar surface area (TPSA) is 75.8 Å². The highest BCUT2D eigenvalue weighted by Crippen LogP contribution is 2.30. The van der Waals surface area contributed by atoms with Crippen molar-refractivity contribution in [2.75, 3.05) is 21.3 Å². The van der Waals surface area contributed by atoms with E-state index in [2.05, 4.69) is 4.98 Å². The molecular formula is C24H28Cl2N2O4. The molecule has 0 radical (unpaired) electrons. The average Bonchev–Trinajstić information content (AvgIpc) is 2.79. The molecule has 0 saturated carbocycles. The summed E-state index contributed by atoms with van der Waals surface area (Å²) >= 11 is 5.82. The fourth-order valence-corrected chi connectivity index (χ4v) is 3.41. The maximum atomic E-state index is 6.41. The predicted molar refractivity (Wildman–Crippen MR) is 129 cm³/mol. The maximum Gasteiger partial charge on any atom is 0.161 e. The zero-order chi connectivity index (χ0) is 22.2. The van der Waals surface area contributed by atoms with Crippen LogP contribution in [0.2, 0.25) is 5.15 Å². The van der Waals surface area contributed by atoms with E-state index in [1.807, 2.05) is 42.5 Å². The molecule has 0 amide bonds. The van der Waals surface area contributed by atoms with Gasteiger partial charge in [0.05, 0.1) is 21.3 Å². The molecule has 1 heterocycles. The Morgan fingerprint density at radius 2 is 1.31 bits per heavy atom. The number of ether oxygens (including phenoxy) is 4. The molecule has 0 fully saturated rings. The van der Waals surface area contributed by atoms with Gasteiger partial charge in [0, 0.05) is 17.8 Å². The Bertz CT molecular complexity index is 1000. The Kier molecular flexibility index (Phi) is 9.91. The minimum absolute atomic E-state index is 0. The quantitative estimate of drug-likeness (QED) is 0.418. The van der Waals surface area contributed by atoms with Crippen LogP contribution >= 0.6 is 24.0 Å². The Labute approximate surface area is 200 Å². The minimum Gasteiger partial charge on any atom is -0.493 e. The van der Waals surface area contributed by atoms with Crippen molar-refractivity contribution < 1.29 is 18.9 Å². The summed E-state index contributed by atoms with van der Waals surface area (Å²) in [7, 11) is 4.87. The standard InChI is InChI=1S/C24H27ClN2O4.ClH/c1-28-20-7-4-16(12-22(20)29-2)10-19(26)11-17-5-8-21(23(13-17)30-3)31-15-18-6-9-24(25)27-14-18;/h4-9,12-14,19H,10-11,15,26H2,1-3H3;1H. The van der Waals surface area contributed by atoms with Gasteiger partial charge in [-0.05, 0) is 54.3 Å². The number of aromatic nitrogens is 1. The number of halogens is 2. The molecule has 0 bridgehead atoms. The lowest BCUT2D eigenvalue weighted by Crippen LogP contribution is -2.25. The van der Waals surface area contributed by atoms with Gasteiger partial charge in [-0.15, -0.1) is 12.4 Å². The molecule has 1 aromatic heterocycles. The predicted octanol–water partition coefficient (Wildman–Crippen LogP) is 4.87. The SMILES string of the molecule is COc1ccc(CC(N)Cc2ccc(OCc3ccc(Cl)nc3)c(OC)c2)cc1OC.Cl. The van der Waals surface area contributed by atoms with E-state index in [0.29, 0.717) is 47.6 Å². The van der Waals surface area contributed by atoms with Crippen molar-refractivity contribution in [1.29, 1.82) is 0 Å². The summed E-state index contributed by atoms with van der Waals surface area (Å²) in [6.07, 6.45) is 3.10. The van der Waals surface area contributed by atoms with Crippen molar-refractivity contribution in [2.24, 2.45) is 5.73 Å². The van der Waals surface area contributed by atoms with E-state index in [1.165, 1.54) is 0 Å². The molecule has 1 unspecified atom stereocenters. The van der Waals surface area contributed by atoms with Crippen LogP contribution < -0.4 is 24.7 Å². The molecule has 0 aliphatic heterocycles. The van der Waals surface area contributed by atoms with Crippen molar-refractivity contribution in [3.05, 3.63) is 76.6 Å². The second kappa shape index (κ2) is 12.4. The molecule has 1 atom stereocenters. The van der Waals surface area contributed by atoms with E-state index in [0.717, 1.165) is 16.7 Å². The van der Waals surface area contributed by atoms with Gasteiger partial charge in [-0.3, -0.25) is 0 Å². The van der Waals surface area contributed by atoms with Crippen LogP contribution in [0.1, 0.15) is 16.7 Å². The van der Waals surface area contributed by atoms with Gasteiger partial charge in [0.25, 0.3) is 0 Å². The zero-order valence-electron chi connectivity index (χ0n) is 18.3. The molecule has 8 heteroatoms. The van der Waals surface area contributed by atoms with Crippen molar-refractivity contribution in [2.45, 2.75) is 25.5 Å². The lowest BCUT2D eigenvalue weighted by atomic mass is 9.99. The third kappa shape index (κ3) is 6.92. The smallest absolute Gasteiger partial charge is 0.161 e. The molecule has 2 aromatic carbocycles. The second-order valence-electron chi connectivity index (χ2n) is 7.12. The summed E-state index contributed by atoms with van der Waals surface area (Å²) in [5.41, 5.74) is 9.50. The Hall–Kier alpha value is -2.67. The van der Waals surface area contributed by atoms with E-state index in [9.17, 15) is 0 Å². The highest BCUT2D eigenvalue weighted by molar-refractivity contribution is 6.29. The molecule has 0 spiro atoms. The number of nitrogens with zero attached hydrogens (tertiary/aromatic N) is 1. The molecule has 6 nitrogen and oxygen atoms in total. The maximum absolute atomic E-state index is 6.41. The van der Waals surface area contributed by atoms with Crippen molar-refractivity contribution in [3.8, 4) is 23.0 Å². The molecule has 2 N–H and O–H groups in total. The monoisotopic (exact) mass is 478 g/mol. The molecule has 0 aliphatic carbocycles. The van der Waals surface area contributed by atoms with Crippen LogP contribution in [0.3, 0.4) is 0 Å². The third-order valence-electron chi connectivity index (χ3n) is 4.85. The van der Waals surface area contributed by atoms with Gasteiger partial charge in [0.2, 0.25) is 0 Å². The normalized spacial score (nSPS) is 11.3. The molecule has 3 aromatic rings. The average molecular weight is 479 g/mol. The lowest BCUT2D eigenvalue weighted by Gasteiger charge is -2.16. The van der Waals surface area contributed by atoms with E-state index in [-0.39, 0.29) is 18.4 Å². The van der Waals surface area contributed by atoms with Crippen LogP contribution in [-0.4, -0.2) is 32.4 Å². The molecule has 0 saturated heterocycles. The molecule has 0 aliphatic rings. The number of benzene rings is 2. The second-order valence-corrected chi connectivity index (χ2v) is 7.51. The summed E-state index contributed by atoms with van der Waals surface area (Å²) in [4.78, 5) is 4.06. The largest absolute Gasteiger partial charge is 0.493 e. The zero-order valence-corrected chi connectivity index (χ0v) is 19.9. The summed E-state index contributed by atoms with van der Waals surface area (Å²) in [5.74, 6) is 2.73. The molecule has 32 heavy (non-hydrogen) atoms.